The van der Waals surface area contributed by atoms with Gasteiger partial charge < -0.3 is 15.0 Å². The van der Waals surface area contributed by atoms with Gasteiger partial charge in [-0.15, -0.1) is 0 Å². The molecule has 4 rings (SSSR count). The SMILES string of the molecule is CCOC(=O)C1=C(C)N(CC(=O)Nc2ccc(C)c(C)c2)c2ncnn2[C@H]1c1ccc(F)cc1. The standard InChI is InChI=1S/C25H26FN5O3/c1-5-34-24(33)22-17(4)30(13-21(32)29-20-11-6-15(2)16(3)12-20)25-27-14-28-31(25)23(22)18-7-9-19(26)10-8-18/h6-12,14,23H,5,13H2,1-4H3,(H,29,32)/t23-/m0/s1. The quantitative estimate of drug-likeness (QED) is 0.558. The van der Waals surface area contributed by atoms with Crippen molar-refractivity contribution >= 4 is 23.5 Å². The van der Waals surface area contributed by atoms with Gasteiger partial charge in [0.2, 0.25) is 11.9 Å². The maximum atomic E-state index is 13.6. The minimum atomic E-state index is -0.670. The first-order chi connectivity index (χ1) is 16.3. The number of halogens is 1. The van der Waals surface area contributed by atoms with Crippen LogP contribution < -0.4 is 10.2 Å². The van der Waals surface area contributed by atoms with Crippen molar-refractivity contribution in [1.82, 2.24) is 14.8 Å². The van der Waals surface area contributed by atoms with Crippen molar-refractivity contribution in [3.8, 4) is 0 Å². The maximum Gasteiger partial charge on any atom is 0.338 e. The van der Waals surface area contributed by atoms with Crippen LogP contribution in [0.1, 0.15) is 36.6 Å². The molecule has 0 saturated heterocycles. The fourth-order valence-corrected chi connectivity index (χ4v) is 4.01. The Morgan fingerprint density at radius 1 is 1.09 bits per heavy atom. The Morgan fingerprint density at radius 3 is 2.50 bits per heavy atom. The second-order valence-electron chi connectivity index (χ2n) is 8.11. The third kappa shape index (κ3) is 4.41. The summed E-state index contributed by atoms with van der Waals surface area (Å²) < 4.78 is 20.5. The predicted molar refractivity (Wildman–Crippen MR) is 126 cm³/mol. The smallest absolute Gasteiger partial charge is 0.338 e. The molecule has 0 fully saturated rings. The summed E-state index contributed by atoms with van der Waals surface area (Å²) in [5, 5.41) is 7.22. The van der Waals surface area contributed by atoms with Gasteiger partial charge in [0.25, 0.3) is 0 Å². The molecule has 2 aromatic carbocycles. The van der Waals surface area contributed by atoms with E-state index in [1.807, 2.05) is 32.0 Å². The number of carbonyl (C=O) groups excluding carboxylic acids is 2. The maximum absolute atomic E-state index is 13.6. The molecule has 0 aliphatic carbocycles. The predicted octanol–water partition coefficient (Wildman–Crippen LogP) is 3.92. The lowest BCUT2D eigenvalue weighted by atomic mass is 9.95. The van der Waals surface area contributed by atoms with Crippen LogP contribution in [0.15, 0.2) is 60.1 Å². The van der Waals surface area contributed by atoms with Crippen molar-refractivity contribution < 1.29 is 18.7 Å². The number of esters is 1. The van der Waals surface area contributed by atoms with Crippen LogP contribution in [0.2, 0.25) is 0 Å². The second kappa shape index (κ2) is 9.46. The van der Waals surface area contributed by atoms with E-state index in [-0.39, 0.29) is 24.9 Å². The van der Waals surface area contributed by atoms with Crippen molar-refractivity contribution in [2.45, 2.75) is 33.7 Å². The highest BCUT2D eigenvalue weighted by Gasteiger charge is 2.38. The summed E-state index contributed by atoms with van der Waals surface area (Å²) in [6.07, 6.45) is 1.36. The van der Waals surface area contributed by atoms with Gasteiger partial charge in [-0.25, -0.2) is 13.9 Å². The van der Waals surface area contributed by atoms with Crippen LogP contribution in [0.25, 0.3) is 0 Å². The van der Waals surface area contributed by atoms with Gasteiger partial charge >= 0.3 is 5.97 Å². The number of rotatable bonds is 6. The molecular formula is C25H26FN5O3. The number of benzene rings is 2. The summed E-state index contributed by atoms with van der Waals surface area (Å²) in [6.45, 7) is 7.54. The number of nitrogens with one attached hydrogen (secondary N) is 1. The highest BCUT2D eigenvalue weighted by molar-refractivity contribution is 5.96. The number of carbonyl (C=O) groups is 2. The summed E-state index contributed by atoms with van der Waals surface area (Å²) in [5.41, 5.74) is 4.36. The van der Waals surface area contributed by atoms with Crippen molar-refractivity contribution in [1.29, 1.82) is 0 Å². The first kappa shape index (κ1) is 23.2. The van der Waals surface area contributed by atoms with Gasteiger partial charge in [-0.05, 0) is 68.7 Å². The first-order valence-corrected chi connectivity index (χ1v) is 11.0. The van der Waals surface area contributed by atoms with Gasteiger partial charge in [-0.1, -0.05) is 18.2 Å². The number of ether oxygens (including phenoxy) is 1. The molecule has 1 aromatic heterocycles. The fourth-order valence-electron chi connectivity index (χ4n) is 4.01. The van der Waals surface area contributed by atoms with E-state index in [1.54, 1.807) is 35.6 Å². The van der Waals surface area contributed by atoms with Crippen LogP contribution in [0.4, 0.5) is 16.0 Å². The lowest BCUT2D eigenvalue weighted by molar-refractivity contribution is -0.139. The lowest BCUT2D eigenvalue weighted by Gasteiger charge is -2.35. The number of hydrogen-bond donors (Lipinski definition) is 1. The van der Waals surface area contributed by atoms with Crippen molar-refractivity contribution in [2.24, 2.45) is 0 Å². The zero-order chi connectivity index (χ0) is 24.4. The Morgan fingerprint density at radius 2 is 1.82 bits per heavy atom. The van der Waals surface area contributed by atoms with E-state index < -0.39 is 12.0 Å². The minimum absolute atomic E-state index is 0.0868. The summed E-state index contributed by atoms with van der Waals surface area (Å²) >= 11 is 0. The Bertz CT molecular complexity index is 1270. The van der Waals surface area contributed by atoms with Gasteiger partial charge in [-0.3, -0.25) is 4.79 Å². The third-order valence-electron chi connectivity index (χ3n) is 5.88. The molecule has 1 aliphatic heterocycles. The number of fused-ring (bicyclic) bond motifs is 1. The van der Waals surface area contributed by atoms with E-state index in [4.69, 9.17) is 4.74 Å². The molecule has 0 bridgehead atoms. The van der Waals surface area contributed by atoms with Crippen LogP contribution in [-0.2, 0) is 14.3 Å². The third-order valence-corrected chi connectivity index (χ3v) is 5.88. The number of nitrogens with zero attached hydrogens (tertiary/aromatic N) is 4. The van der Waals surface area contributed by atoms with Crippen molar-refractivity contribution in [3.63, 3.8) is 0 Å². The van der Waals surface area contributed by atoms with Gasteiger partial charge in [0, 0.05) is 11.4 Å². The monoisotopic (exact) mass is 463 g/mol. The molecule has 9 heteroatoms. The molecule has 0 saturated carbocycles. The van der Waals surface area contributed by atoms with E-state index in [1.165, 1.54) is 18.5 Å². The molecule has 1 aliphatic rings. The summed E-state index contributed by atoms with van der Waals surface area (Å²) in [6, 6.07) is 10.9. The van der Waals surface area contributed by atoms with E-state index in [0.29, 0.717) is 28.5 Å². The van der Waals surface area contributed by atoms with Crippen LogP contribution in [0, 0.1) is 19.7 Å². The van der Waals surface area contributed by atoms with Crippen LogP contribution >= 0.6 is 0 Å². The Balaban J connectivity index is 1.71. The molecule has 8 nitrogen and oxygen atoms in total. The summed E-state index contributed by atoms with van der Waals surface area (Å²) in [5.74, 6) is -0.799. The topological polar surface area (TPSA) is 89.3 Å². The summed E-state index contributed by atoms with van der Waals surface area (Å²) in [7, 11) is 0. The molecular weight excluding hydrogens is 437 g/mol. The Kier molecular flexibility index (Phi) is 6.45. The van der Waals surface area contributed by atoms with Crippen molar-refractivity contribution in [3.05, 3.63) is 82.6 Å². The first-order valence-electron chi connectivity index (χ1n) is 11.0. The van der Waals surface area contributed by atoms with E-state index in [9.17, 15) is 14.0 Å². The molecule has 0 spiro atoms. The average Bonchev–Trinajstić information content (AvgIpc) is 3.28. The number of hydrogen-bond acceptors (Lipinski definition) is 6. The number of amides is 1. The zero-order valence-electron chi connectivity index (χ0n) is 19.5. The normalized spacial score (nSPS) is 15.2. The largest absolute Gasteiger partial charge is 0.463 e. The molecule has 176 valence electrons. The highest BCUT2D eigenvalue weighted by atomic mass is 19.1. The van der Waals surface area contributed by atoms with Gasteiger partial charge in [0.05, 0.1) is 12.2 Å². The molecule has 1 atom stereocenters. The Hall–Kier alpha value is -4.01. The number of anilines is 2. The van der Waals surface area contributed by atoms with Crippen LogP contribution in [0.3, 0.4) is 0 Å². The lowest BCUT2D eigenvalue weighted by Crippen LogP contribution is -2.40. The molecule has 34 heavy (non-hydrogen) atoms. The molecule has 3 aromatic rings. The summed E-state index contributed by atoms with van der Waals surface area (Å²) in [4.78, 5) is 32.0. The van der Waals surface area contributed by atoms with Gasteiger partial charge in [0.1, 0.15) is 24.7 Å². The highest BCUT2D eigenvalue weighted by Crippen LogP contribution is 2.38. The molecule has 1 N–H and O–H groups in total. The number of allylic oxidation sites excluding steroid dienone is 1. The zero-order valence-corrected chi connectivity index (χ0v) is 19.5. The minimum Gasteiger partial charge on any atom is -0.463 e. The average molecular weight is 464 g/mol. The molecule has 1 amide bonds. The van der Waals surface area contributed by atoms with Crippen LogP contribution in [-0.4, -0.2) is 39.8 Å². The second-order valence-corrected chi connectivity index (χ2v) is 8.11. The number of aryl methyl sites for hydroxylation is 2. The fraction of sp³-hybridized carbons (Fsp3) is 0.280. The van der Waals surface area contributed by atoms with E-state index in [2.05, 4.69) is 15.4 Å². The van der Waals surface area contributed by atoms with Gasteiger partial charge in [0.15, 0.2) is 0 Å². The Labute approximate surface area is 197 Å². The molecule has 0 radical (unpaired) electrons. The van der Waals surface area contributed by atoms with Crippen molar-refractivity contribution in [2.75, 3.05) is 23.4 Å². The van der Waals surface area contributed by atoms with Gasteiger partial charge in [-0.2, -0.15) is 10.1 Å². The van der Waals surface area contributed by atoms with E-state index >= 15 is 0 Å². The van der Waals surface area contributed by atoms with E-state index in [0.717, 1.165) is 11.1 Å². The van der Waals surface area contributed by atoms with Crippen LogP contribution in [0.5, 0.6) is 0 Å². The number of aromatic nitrogens is 3. The molecule has 2 heterocycles. The molecule has 0 unspecified atom stereocenters.